The maximum absolute atomic E-state index is 12.6. The fourth-order valence-electron chi connectivity index (χ4n) is 3.50. The van der Waals surface area contributed by atoms with Gasteiger partial charge in [-0.25, -0.2) is 10.2 Å². The van der Waals surface area contributed by atoms with Gasteiger partial charge in [0.25, 0.3) is 0 Å². The van der Waals surface area contributed by atoms with E-state index in [4.69, 9.17) is 4.74 Å². The van der Waals surface area contributed by atoms with Crippen LogP contribution in [0, 0.1) is 6.92 Å². The Hall–Kier alpha value is -3.77. The van der Waals surface area contributed by atoms with Crippen molar-refractivity contribution in [2.45, 2.75) is 13.3 Å². The Kier molecular flexibility index (Phi) is 6.95. The summed E-state index contributed by atoms with van der Waals surface area (Å²) in [6.45, 7) is 1.85. The van der Waals surface area contributed by atoms with Gasteiger partial charge in [-0.15, -0.1) is 0 Å². The molecule has 6 heteroatoms. The molecule has 1 N–H and O–H groups in total. The minimum Gasteiger partial charge on any atom is -0.422 e. The quantitative estimate of drug-likeness (QED) is 0.157. The summed E-state index contributed by atoms with van der Waals surface area (Å²) in [4.78, 5) is 25.1. The number of nitrogens with zero attached hydrogens (tertiary/aromatic N) is 1. The summed E-state index contributed by atoms with van der Waals surface area (Å²) in [5, 5.41) is 6.20. The van der Waals surface area contributed by atoms with Crippen LogP contribution < -0.4 is 10.2 Å². The van der Waals surface area contributed by atoms with E-state index in [0.717, 1.165) is 26.4 Å². The van der Waals surface area contributed by atoms with Crippen LogP contribution in [0.3, 0.4) is 0 Å². The molecule has 0 heterocycles. The van der Waals surface area contributed by atoms with Gasteiger partial charge in [-0.3, -0.25) is 4.79 Å². The molecule has 4 aromatic rings. The van der Waals surface area contributed by atoms with Crippen LogP contribution in [0.2, 0.25) is 0 Å². The number of hydrogen-bond donors (Lipinski definition) is 1. The minimum absolute atomic E-state index is 0.201. The van der Waals surface area contributed by atoms with Crippen molar-refractivity contribution in [3.63, 3.8) is 0 Å². The normalized spacial score (nSPS) is 11.0. The van der Waals surface area contributed by atoms with Gasteiger partial charge in [-0.2, -0.15) is 5.10 Å². The Morgan fingerprint density at radius 1 is 0.970 bits per heavy atom. The van der Waals surface area contributed by atoms with Crippen LogP contribution in [-0.4, -0.2) is 18.1 Å². The van der Waals surface area contributed by atoms with E-state index in [1.54, 1.807) is 30.3 Å². The zero-order chi connectivity index (χ0) is 23.2. The summed E-state index contributed by atoms with van der Waals surface area (Å²) in [5.74, 6) is -0.348. The Labute approximate surface area is 200 Å². The SMILES string of the molecule is Cc1ccccc1C(=O)Oc1ccc(Br)cc1/C=N/NC(=O)Cc1cccc2ccccc12. The molecular formula is C27H21BrN2O3. The second-order valence-corrected chi connectivity index (χ2v) is 8.41. The van der Waals surface area contributed by atoms with E-state index in [2.05, 4.69) is 26.5 Å². The lowest BCUT2D eigenvalue weighted by molar-refractivity contribution is -0.120. The van der Waals surface area contributed by atoms with Gasteiger partial charge >= 0.3 is 5.97 Å². The highest BCUT2D eigenvalue weighted by Crippen LogP contribution is 2.23. The van der Waals surface area contributed by atoms with E-state index >= 15 is 0 Å². The van der Waals surface area contributed by atoms with E-state index in [9.17, 15) is 9.59 Å². The van der Waals surface area contributed by atoms with Gasteiger partial charge in [0.1, 0.15) is 5.75 Å². The first-order chi connectivity index (χ1) is 16.0. The molecule has 0 atom stereocenters. The predicted octanol–water partition coefficient (Wildman–Crippen LogP) is 5.82. The third kappa shape index (κ3) is 5.54. The second-order valence-electron chi connectivity index (χ2n) is 7.49. The number of halogens is 1. The van der Waals surface area contributed by atoms with E-state index < -0.39 is 5.97 Å². The molecule has 4 rings (SSSR count). The van der Waals surface area contributed by atoms with Crippen molar-refractivity contribution in [1.29, 1.82) is 0 Å². The Bertz CT molecular complexity index is 1360. The zero-order valence-electron chi connectivity index (χ0n) is 17.9. The van der Waals surface area contributed by atoms with Crippen LogP contribution in [0.1, 0.15) is 27.0 Å². The number of nitrogens with one attached hydrogen (secondary N) is 1. The lowest BCUT2D eigenvalue weighted by Crippen LogP contribution is -2.20. The highest BCUT2D eigenvalue weighted by molar-refractivity contribution is 9.10. The standard InChI is InChI=1S/C27H21BrN2O3/c1-18-7-2-4-11-23(18)27(32)33-25-14-13-22(28)15-21(25)17-29-30-26(31)16-20-10-6-9-19-8-3-5-12-24(19)20/h2-15,17H,16H2,1H3,(H,30,31)/b29-17+. The first-order valence-corrected chi connectivity index (χ1v) is 11.2. The molecule has 0 aliphatic carbocycles. The highest BCUT2D eigenvalue weighted by atomic mass is 79.9. The fraction of sp³-hybridized carbons (Fsp3) is 0.0741. The van der Waals surface area contributed by atoms with Crippen molar-refractivity contribution in [3.8, 4) is 5.75 Å². The van der Waals surface area contributed by atoms with Gasteiger partial charge in [-0.05, 0) is 53.1 Å². The molecular weight excluding hydrogens is 480 g/mol. The number of aryl methyl sites for hydroxylation is 1. The molecule has 0 spiro atoms. The monoisotopic (exact) mass is 500 g/mol. The molecule has 0 bridgehead atoms. The van der Waals surface area contributed by atoms with Crippen molar-refractivity contribution in [2.75, 3.05) is 0 Å². The third-order valence-electron chi connectivity index (χ3n) is 5.16. The molecule has 0 aromatic heterocycles. The third-order valence-corrected chi connectivity index (χ3v) is 5.66. The minimum atomic E-state index is -0.454. The summed E-state index contributed by atoms with van der Waals surface area (Å²) in [6.07, 6.45) is 1.67. The topological polar surface area (TPSA) is 67.8 Å². The first kappa shape index (κ1) is 22.4. The summed E-state index contributed by atoms with van der Waals surface area (Å²) >= 11 is 3.42. The van der Waals surface area contributed by atoms with E-state index in [0.29, 0.717) is 16.9 Å². The maximum atomic E-state index is 12.6. The number of ether oxygens (including phenoxy) is 1. The summed E-state index contributed by atoms with van der Waals surface area (Å²) in [6, 6.07) is 26.3. The Morgan fingerprint density at radius 3 is 2.58 bits per heavy atom. The van der Waals surface area contributed by atoms with E-state index in [1.165, 1.54) is 6.21 Å². The molecule has 0 saturated heterocycles. The molecule has 1 amide bonds. The Morgan fingerprint density at radius 2 is 1.73 bits per heavy atom. The molecule has 0 radical (unpaired) electrons. The smallest absolute Gasteiger partial charge is 0.343 e. The van der Waals surface area contributed by atoms with Crippen molar-refractivity contribution >= 4 is 44.8 Å². The number of esters is 1. The lowest BCUT2D eigenvalue weighted by Gasteiger charge is -2.09. The van der Waals surface area contributed by atoms with Crippen LogP contribution in [0.15, 0.2) is 94.5 Å². The number of hydrogen-bond acceptors (Lipinski definition) is 4. The van der Waals surface area contributed by atoms with E-state index in [1.807, 2.05) is 61.5 Å². The van der Waals surface area contributed by atoms with Crippen molar-refractivity contribution in [2.24, 2.45) is 5.10 Å². The summed E-state index contributed by atoms with van der Waals surface area (Å²) in [7, 11) is 0. The maximum Gasteiger partial charge on any atom is 0.343 e. The number of fused-ring (bicyclic) bond motifs is 1. The molecule has 4 aromatic carbocycles. The molecule has 164 valence electrons. The molecule has 33 heavy (non-hydrogen) atoms. The lowest BCUT2D eigenvalue weighted by atomic mass is 10.0. The molecule has 0 aliphatic heterocycles. The molecule has 0 aliphatic rings. The zero-order valence-corrected chi connectivity index (χ0v) is 19.5. The van der Waals surface area contributed by atoms with Gasteiger partial charge in [0.15, 0.2) is 0 Å². The van der Waals surface area contributed by atoms with Gasteiger partial charge in [0, 0.05) is 10.0 Å². The summed E-state index contributed by atoms with van der Waals surface area (Å²) < 4.78 is 6.40. The largest absolute Gasteiger partial charge is 0.422 e. The van der Waals surface area contributed by atoms with Crippen LogP contribution >= 0.6 is 15.9 Å². The number of benzene rings is 4. The molecule has 0 fully saturated rings. The van der Waals surface area contributed by atoms with Gasteiger partial charge in [0.05, 0.1) is 18.2 Å². The van der Waals surface area contributed by atoms with Crippen LogP contribution in [-0.2, 0) is 11.2 Å². The molecule has 0 saturated carbocycles. The number of hydrazone groups is 1. The highest BCUT2D eigenvalue weighted by Gasteiger charge is 2.13. The van der Waals surface area contributed by atoms with Crippen molar-refractivity contribution in [1.82, 2.24) is 5.43 Å². The van der Waals surface area contributed by atoms with Crippen LogP contribution in [0.4, 0.5) is 0 Å². The number of carbonyl (C=O) groups excluding carboxylic acids is 2. The fourth-order valence-corrected chi connectivity index (χ4v) is 3.88. The van der Waals surface area contributed by atoms with Crippen LogP contribution in [0.25, 0.3) is 10.8 Å². The van der Waals surface area contributed by atoms with Crippen molar-refractivity contribution < 1.29 is 14.3 Å². The van der Waals surface area contributed by atoms with Gasteiger partial charge in [-0.1, -0.05) is 76.6 Å². The molecule has 0 unspecified atom stereocenters. The van der Waals surface area contributed by atoms with E-state index in [-0.39, 0.29) is 12.3 Å². The average Bonchev–Trinajstić information content (AvgIpc) is 2.81. The number of rotatable bonds is 6. The van der Waals surface area contributed by atoms with Gasteiger partial charge < -0.3 is 4.74 Å². The van der Waals surface area contributed by atoms with Gasteiger partial charge in [0.2, 0.25) is 5.91 Å². The predicted molar refractivity (Wildman–Crippen MR) is 134 cm³/mol. The summed E-state index contributed by atoms with van der Waals surface area (Å²) in [5.41, 5.74) is 5.36. The number of carbonyl (C=O) groups is 2. The van der Waals surface area contributed by atoms with Crippen LogP contribution in [0.5, 0.6) is 5.75 Å². The van der Waals surface area contributed by atoms with Crippen molar-refractivity contribution in [3.05, 3.63) is 112 Å². The first-order valence-electron chi connectivity index (χ1n) is 10.4. The second kappa shape index (κ2) is 10.2. The molecule has 5 nitrogen and oxygen atoms in total. The Balaban J connectivity index is 1.46. The number of amides is 1. The average molecular weight is 501 g/mol.